The molecule has 0 unspecified atom stereocenters. The Labute approximate surface area is 238 Å². The number of benzene rings is 6. The molecule has 0 aliphatic carbocycles. The highest BCUT2D eigenvalue weighted by Gasteiger charge is 2.17. The Hall–Kier alpha value is -5.47. The molecule has 192 valence electrons. The Morgan fingerprint density at radius 2 is 1.10 bits per heavy atom. The maximum absolute atomic E-state index is 5.32. The summed E-state index contributed by atoms with van der Waals surface area (Å²) in [6.45, 7) is 0. The summed E-state index contributed by atoms with van der Waals surface area (Å²) in [5, 5.41) is 4.93. The topological polar surface area (TPSA) is 17.8 Å². The van der Waals surface area contributed by atoms with Crippen molar-refractivity contribution in [3.63, 3.8) is 0 Å². The lowest BCUT2D eigenvalue weighted by Crippen LogP contribution is -1.99. The lowest BCUT2D eigenvalue weighted by atomic mass is 9.94. The molecule has 2 heterocycles. The molecule has 0 aliphatic rings. The number of fused-ring (bicyclic) bond motifs is 5. The molecule has 2 aromatic heterocycles. The monoisotopic (exact) mass is 522 g/mol. The predicted octanol–water partition coefficient (Wildman–Crippen LogP) is 10.3. The van der Waals surface area contributed by atoms with E-state index in [1.165, 1.54) is 49.3 Å². The van der Waals surface area contributed by atoms with E-state index in [1.54, 1.807) is 0 Å². The Morgan fingerprint density at radius 3 is 2.00 bits per heavy atom. The highest BCUT2D eigenvalue weighted by Crippen LogP contribution is 2.38. The summed E-state index contributed by atoms with van der Waals surface area (Å²) in [4.78, 5) is 5.32. The van der Waals surface area contributed by atoms with Gasteiger partial charge in [-0.05, 0) is 51.9 Å². The van der Waals surface area contributed by atoms with Gasteiger partial charge in [0, 0.05) is 21.7 Å². The molecule has 0 amide bonds. The maximum atomic E-state index is 5.32. The highest BCUT2D eigenvalue weighted by atomic mass is 15.1. The third-order valence-electron chi connectivity index (χ3n) is 8.01. The molecule has 0 fully saturated rings. The van der Waals surface area contributed by atoms with Gasteiger partial charge in [0.05, 0.1) is 16.7 Å². The SMILES string of the molecule is c1ccc(-c2cccc(-c3ccccc3-c3cccc(-n4c5ccccc5c5ccc6ccccc6c54)n3)c2)cc1. The average molecular weight is 523 g/mol. The molecule has 0 spiro atoms. The standard InChI is InChI=1S/C39H26N2/c1-2-12-27(13-3-1)29-15-10-16-30(26-29)31-17-6-7-19-33(31)36-21-11-23-38(40-36)41-37-22-9-8-20-34(37)35-25-24-28-14-4-5-18-32(28)39(35)41/h1-26H. The molecule has 0 bridgehead atoms. The first kappa shape index (κ1) is 23.4. The average Bonchev–Trinajstić information content (AvgIpc) is 3.40. The number of nitrogens with zero attached hydrogens (tertiary/aromatic N) is 2. The van der Waals surface area contributed by atoms with Crippen LogP contribution in [0.25, 0.3) is 71.9 Å². The van der Waals surface area contributed by atoms with Crippen LogP contribution in [-0.2, 0) is 0 Å². The van der Waals surface area contributed by atoms with Gasteiger partial charge in [0.2, 0.25) is 0 Å². The fourth-order valence-electron chi connectivity index (χ4n) is 6.12. The molecule has 0 radical (unpaired) electrons. The third-order valence-corrected chi connectivity index (χ3v) is 8.01. The summed E-state index contributed by atoms with van der Waals surface area (Å²) in [6, 6.07) is 56.0. The van der Waals surface area contributed by atoms with Crippen molar-refractivity contribution in [3.05, 3.63) is 158 Å². The zero-order valence-electron chi connectivity index (χ0n) is 22.4. The van der Waals surface area contributed by atoms with Crippen molar-refractivity contribution in [2.45, 2.75) is 0 Å². The molecule has 0 aliphatic heterocycles. The van der Waals surface area contributed by atoms with E-state index in [9.17, 15) is 0 Å². The summed E-state index contributed by atoms with van der Waals surface area (Å²) in [7, 11) is 0. The zero-order chi connectivity index (χ0) is 27.2. The lowest BCUT2D eigenvalue weighted by Gasteiger charge is -2.14. The molecule has 0 saturated carbocycles. The van der Waals surface area contributed by atoms with Gasteiger partial charge >= 0.3 is 0 Å². The van der Waals surface area contributed by atoms with Crippen LogP contribution < -0.4 is 0 Å². The van der Waals surface area contributed by atoms with Gasteiger partial charge in [0.25, 0.3) is 0 Å². The van der Waals surface area contributed by atoms with Crippen LogP contribution in [-0.4, -0.2) is 9.55 Å². The second-order valence-electron chi connectivity index (χ2n) is 10.4. The number of rotatable bonds is 4. The molecular weight excluding hydrogens is 496 g/mol. The van der Waals surface area contributed by atoms with E-state index in [0.717, 1.165) is 22.6 Å². The predicted molar refractivity (Wildman–Crippen MR) is 172 cm³/mol. The minimum absolute atomic E-state index is 0.915. The van der Waals surface area contributed by atoms with Crippen LogP contribution in [0.4, 0.5) is 0 Å². The largest absolute Gasteiger partial charge is 0.293 e. The van der Waals surface area contributed by atoms with Gasteiger partial charge in [-0.2, -0.15) is 0 Å². The molecule has 6 aromatic carbocycles. The zero-order valence-corrected chi connectivity index (χ0v) is 22.4. The highest BCUT2D eigenvalue weighted by molar-refractivity contribution is 6.18. The van der Waals surface area contributed by atoms with E-state index in [0.29, 0.717) is 0 Å². The smallest absolute Gasteiger partial charge is 0.138 e. The van der Waals surface area contributed by atoms with Crippen molar-refractivity contribution < 1.29 is 0 Å². The van der Waals surface area contributed by atoms with Gasteiger partial charge in [-0.1, -0.05) is 133 Å². The number of hydrogen-bond acceptors (Lipinski definition) is 1. The molecule has 0 atom stereocenters. The quantitative estimate of drug-likeness (QED) is 0.225. The minimum Gasteiger partial charge on any atom is -0.293 e. The minimum atomic E-state index is 0.915. The lowest BCUT2D eigenvalue weighted by molar-refractivity contribution is 1.09. The summed E-state index contributed by atoms with van der Waals surface area (Å²) in [6.07, 6.45) is 0. The van der Waals surface area contributed by atoms with E-state index in [1.807, 2.05) is 0 Å². The Morgan fingerprint density at radius 1 is 0.415 bits per heavy atom. The van der Waals surface area contributed by atoms with E-state index >= 15 is 0 Å². The van der Waals surface area contributed by atoms with Gasteiger partial charge in [-0.15, -0.1) is 0 Å². The number of aromatic nitrogens is 2. The van der Waals surface area contributed by atoms with Crippen LogP contribution in [0, 0.1) is 0 Å². The first-order valence-corrected chi connectivity index (χ1v) is 14.0. The van der Waals surface area contributed by atoms with Crippen molar-refractivity contribution in [1.29, 1.82) is 0 Å². The second kappa shape index (κ2) is 9.62. The van der Waals surface area contributed by atoms with Crippen molar-refractivity contribution in [2.75, 3.05) is 0 Å². The van der Waals surface area contributed by atoms with E-state index in [-0.39, 0.29) is 0 Å². The van der Waals surface area contributed by atoms with Gasteiger partial charge in [0.15, 0.2) is 0 Å². The van der Waals surface area contributed by atoms with Crippen molar-refractivity contribution in [2.24, 2.45) is 0 Å². The van der Waals surface area contributed by atoms with E-state index < -0.39 is 0 Å². The van der Waals surface area contributed by atoms with Crippen LogP contribution in [0.15, 0.2) is 158 Å². The number of hydrogen-bond donors (Lipinski definition) is 0. The second-order valence-corrected chi connectivity index (χ2v) is 10.4. The van der Waals surface area contributed by atoms with Crippen LogP contribution in [0.3, 0.4) is 0 Å². The van der Waals surface area contributed by atoms with Crippen molar-refractivity contribution in [1.82, 2.24) is 9.55 Å². The molecule has 8 aromatic rings. The molecule has 8 rings (SSSR count). The third kappa shape index (κ3) is 3.92. The molecule has 2 nitrogen and oxygen atoms in total. The molecule has 0 N–H and O–H groups in total. The van der Waals surface area contributed by atoms with Crippen molar-refractivity contribution in [3.8, 4) is 39.3 Å². The Kier molecular flexibility index (Phi) is 5.49. The van der Waals surface area contributed by atoms with Crippen LogP contribution in [0.2, 0.25) is 0 Å². The van der Waals surface area contributed by atoms with Crippen LogP contribution >= 0.6 is 0 Å². The van der Waals surface area contributed by atoms with Crippen LogP contribution in [0.5, 0.6) is 0 Å². The van der Waals surface area contributed by atoms with Gasteiger partial charge in [-0.3, -0.25) is 4.57 Å². The fourth-order valence-corrected chi connectivity index (χ4v) is 6.12. The number of para-hydroxylation sites is 1. The van der Waals surface area contributed by atoms with Gasteiger partial charge in [0.1, 0.15) is 5.82 Å². The van der Waals surface area contributed by atoms with Crippen LogP contribution in [0.1, 0.15) is 0 Å². The van der Waals surface area contributed by atoms with E-state index in [2.05, 4.69) is 162 Å². The normalized spacial score (nSPS) is 11.4. The maximum Gasteiger partial charge on any atom is 0.138 e. The van der Waals surface area contributed by atoms with E-state index in [4.69, 9.17) is 4.98 Å². The molecule has 2 heteroatoms. The summed E-state index contributed by atoms with van der Waals surface area (Å²) < 4.78 is 2.33. The first-order valence-electron chi connectivity index (χ1n) is 14.0. The first-order chi connectivity index (χ1) is 20.3. The summed E-state index contributed by atoms with van der Waals surface area (Å²) >= 11 is 0. The molecular formula is C39H26N2. The Bertz CT molecular complexity index is 2210. The summed E-state index contributed by atoms with van der Waals surface area (Å²) in [5.41, 5.74) is 9.19. The van der Waals surface area contributed by atoms with Gasteiger partial charge < -0.3 is 0 Å². The number of pyridine rings is 1. The summed E-state index contributed by atoms with van der Waals surface area (Å²) in [5.74, 6) is 0.915. The Balaban J connectivity index is 1.33. The molecule has 0 saturated heterocycles. The fraction of sp³-hybridized carbons (Fsp3) is 0. The van der Waals surface area contributed by atoms with Gasteiger partial charge in [-0.25, -0.2) is 4.98 Å². The van der Waals surface area contributed by atoms with Crippen molar-refractivity contribution >= 4 is 32.6 Å². The molecule has 41 heavy (non-hydrogen) atoms.